The van der Waals surface area contributed by atoms with Gasteiger partial charge in [0.15, 0.2) is 0 Å². The molecule has 0 aromatic carbocycles. The number of carbonyl (C=O) groups is 1. The van der Waals surface area contributed by atoms with Crippen molar-refractivity contribution in [1.29, 1.82) is 0 Å². The number of hydrogen-bond donors (Lipinski definition) is 2. The van der Waals surface area contributed by atoms with Crippen LogP contribution < -0.4 is 11.1 Å². The monoisotopic (exact) mass is 244 g/mol. The van der Waals surface area contributed by atoms with Gasteiger partial charge in [-0.15, -0.1) is 0 Å². The number of nitrogens with one attached hydrogen (secondary N) is 1. The average molecular weight is 244 g/mol. The van der Waals surface area contributed by atoms with Crippen LogP contribution in [0.1, 0.15) is 39.0 Å². The first kappa shape index (κ1) is 13.8. The van der Waals surface area contributed by atoms with E-state index < -0.39 is 0 Å². The van der Waals surface area contributed by atoms with Gasteiger partial charge in [-0.05, 0) is 50.2 Å². The summed E-state index contributed by atoms with van der Waals surface area (Å²) in [5, 5.41) is 3.57. The Bertz CT molecular complexity index is 203. The minimum atomic E-state index is -0.113. The zero-order valence-electron chi connectivity index (χ0n) is 10.2. The number of rotatable bonds is 7. The van der Waals surface area contributed by atoms with Gasteiger partial charge in [0.25, 0.3) is 0 Å². The molecule has 0 aliphatic heterocycles. The maximum Gasteiger partial charge on any atom is 0.220 e. The molecule has 0 atom stereocenters. The fourth-order valence-electron chi connectivity index (χ4n) is 2.21. The molecule has 94 valence electrons. The summed E-state index contributed by atoms with van der Waals surface area (Å²) in [5.41, 5.74) is 5.31. The van der Waals surface area contributed by atoms with Crippen LogP contribution in [0.15, 0.2) is 0 Å². The molecule has 0 saturated heterocycles. The Kier molecular flexibility index (Phi) is 6.88. The zero-order chi connectivity index (χ0) is 11.8. The van der Waals surface area contributed by atoms with Crippen LogP contribution in [-0.4, -0.2) is 30.0 Å². The Morgan fingerprint density at radius 2 is 2.06 bits per heavy atom. The molecule has 1 fully saturated rings. The van der Waals surface area contributed by atoms with E-state index in [-0.39, 0.29) is 11.8 Å². The summed E-state index contributed by atoms with van der Waals surface area (Å²) in [6, 6.07) is 0.613. The van der Waals surface area contributed by atoms with E-state index in [2.05, 4.69) is 12.2 Å². The summed E-state index contributed by atoms with van der Waals surface area (Å²) in [7, 11) is 0. The molecule has 0 bridgehead atoms. The Labute approximate surface area is 103 Å². The van der Waals surface area contributed by atoms with E-state index in [1.165, 1.54) is 17.9 Å². The molecule has 1 rings (SSSR count). The third kappa shape index (κ3) is 5.21. The molecule has 0 spiro atoms. The van der Waals surface area contributed by atoms with Crippen LogP contribution in [0.25, 0.3) is 0 Å². The van der Waals surface area contributed by atoms with Gasteiger partial charge in [0, 0.05) is 12.0 Å². The first-order valence-electron chi connectivity index (χ1n) is 6.34. The van der Waals surface area contributed by atoms with Crippen molar-refractivity contribution in [1.82, 2.24) is 5.32 Å². The SMILES string of the molecule is CCSCCCNC1CCC(C(N)=O)CC1. The lowest BCUT2D eigenvalue weighted by Crippen LogP contribution is -2.37. The van der Waals surface area contributed by atoms with Gasteiger partial charge in [-0.1, -0.05) is 6.92 Å². The summed E-state index contributed by atoms with van der Waals surface area (Å²) in [6.45, 7) is 3.31. The van der Waals surface area contributed by atoms with Crippen molar-refractivity contribution in [2.45, 2.75) is 45.1 Å². The molecule has 0 radical (unpaired) electrons. The van der Waals surface area contributed by atoms with Crippen LogP contribution >= 0.6 is 11.8 Å². The van der Waals surface area contributed by atoms with Crippen molar-refractivity contribution in [3.05, 3.63) is 0 Å². The predicted molar refractivity (Wildman–Crippen MR) is 70.6 cm³/mol. The lowest BCUT2D eigenvalue weighted by molar-refractivity contribution is -0.122. The van der Waals surface area contributed by atoms with Gasteiger partial charge in [0.1, 0.15) is 0 Å². The highest BCUT2D eigenvalue weighted by molar-refractivity contribution is 7.99. The van der Waals surface area contributed by atoms with Crippen LogP contribution in [0, 0.1) is 5.92 Å². The molecule has 0 heterocycles. The van der Waals surface area contributed by atoms with Crippen LogP contribution in [0.4, 0.5) is 0 Å². The molecule has 0 aromatic rings. The van der Waals surface area contributed by atoms with E-state index in [1.54, 1.807) is 0 Å². The van der Waals surface area contributed by atoms with E-state index >= 15 is 0 Å². The Hall–Kier alpha value is -0.220. The summed E-state index contributed by atoms with van der Waals surface area (Å²) >= 11 is 2.00. The van der Waals surface area contributed by atoms with Gasteiger partial charge >= 0.3 is 0 Å². The maximum atomic E-state index is 11.0. The van der Waals surface area contributed by atoms with Crippen LogP contribution in [0.5, 0.6) is 0 Å². The van der Waals surface area contributed by atoms with Gasteiger partial charge in [0.05, 0.1) is 0 Å². The quantitative estimate of drug-likeness (QED) is 0.671. The normalized spacial score (nSPS) is 25.6. The lowest BCUT2D eigenvalue weighted by Gasteiger charge is -2.27. The van der Waals surface area contributed by atoms with Crippen molar-refractivity contribution >= 4 is 17.7 Å². The molecule has 3 nitrogen and oxygen atoms in total. The van der Waals surface area contributed by atoms with Crippen molar-refractivity contribution < 1.29 is 4.79 Å². The fraction of sp³-hybridized carbons (Fsp3) is 0.917. The highest BCUT2D eigenvalue weighted by Crippen LogP contribution is 2.23. The third-order valence-electron chi connectivity index (χ3n) is 3.23. The molecule has 4 heteroatoms. The van der Waals surface area contributed by atoms with Gasteiger partial charge < -0.3 is 11.1 Å². The largest absolute Gasteiger partial charge is 0.369 e. The first-order chi connectivity index (χ1) is 7.74. The molecular weight excluding hydrogens is 220 g/mol. The van der Waals surface area contributed by atoms with E-state index in [0.29, 0.717) is 6.04 Å². The number of thioether (sulfide) groups is 1. The van der Waals surface area contributed by atoms with Gasteiger partial charge in [0.2, 0.25) is 5.91 Å². The molecule has 1 amide bonds. The second-order valence-corrected chi connectivity index (χ2v) is 5.85. The van der Waals surface area contributed by atoms with Crippen molar-refractivity contribution in [2.24, 2.45) is 11.7 Å². The summed E-state index contributed by atoms with van der Waals surface area (Å²) < 4.78 is 0. The standard InChI is InChI=1S/C12H24N2OS/c1-2-16-9-3-8-14-11-6-4-10(5-7-11)12(13)15/h10-11,14H,2-9H2,1H3,(H2,13,15). The number of amides is 1. The number of primary amides is 1. The van der Waals surface area contributed by atoms with Crippen molar-refractivity contribution in [3.63, 3.8) is 0 Å². The molecular formula is C12H24N2OS. The van der Waals surface area contributed by atoms with E-state index in [0.717, 1.165) is 32.2 Å². The molecule has 1 saturated carbocycles. The Balaban J connectivity index is 2.02. The van der Waals surface area contributed by atoms with Crippen LogP contribution in [0.3, 0.4) is 0 Å². The molecule has 3 N–H and O–H groups in total. The minimum Gasteiger partial charge on any atom is -0.369 e. The van der Waals surface area contributed by atoms with E-state index in [9.17, 15) is 4.79 Å². The lowest BCUT2D eigenvalue weighted by atomic mass is 9.85. The predicted octanol–water partition coefficient (Wildman–Crippen LogP) is 1.76. The molecule has 0 aromatic heterocycles. The topological polar surface area (TPSA) is 55.1 Å². The summed E-state index contributed by atoms with van der Waals surface area (Å²) in [6.07, 6.45) is 5.39. The molecule has 16 heavy (non-hydrogen) atoms. The summed E-state index contributed by atoms with van der Waals surface area (Å²) in [5.74, 6) is 2.48. The fourth-order valence-corrected chi connectivity index (χ4v) is 2.84. The second kappa shape index (κ2) is 7.96. The van der Waals surface area contributed by atoms with Gasteiger partial charge in [-0.2, -0.15) is 11.8 Å². The molecule has 1 aliphatic rings. The zero-order valence-corrected chi connectivity index (χ0v) is 11.0. The smallest absolute Gasteiger partial charge is 0.220 e. The average Bonchev–Trinajstić information content (AvgIpc) is 2.29. The number of hydrogen-bond acceptors (Lipinski definition) is 3. The van der Waals surface area contributed by atoms with Crippen LogP contribution in [-0.2, 0) is 4.79 Å². The minimum absolute atomic E-state index is 0.113. The van der Waals surface area contributed by atoms with Gasteiger partial charge in [-0.25, -0.2) is 0 Å². The second-order valence-electron chi connectivity index (χ2n) is 4.46. The highest BCUT2D eigenvalue weighted by Gasteiger charge is 2.23. The Morgan fingerprint density at radius 3 is 2.62 bits per heavy atom. The van der Waals surface area contributed by atoms with Crippen LogP contribution in [0.2, 0.25) is 0 Å². The van der Waals surface area contributed by atoms with E-state index in [1.807, 2.05) is 11.8 Å². The van der Waals surface area contributed by atoms with Gasteiger partial charge in [-0.3, -0.25) is 4.79 Å². The maximum absolute atomic E-state index is 11.0. The number of carbonyl (C=O) groups excluding carboxylic acids is 1. The Morgan fingerprint density at radius 1 is 1.38 bits per heavy atom. The van der Waals surface area contributed by atoms with Crippen molar-refractivity contribution in [3.8, 4) is 0 Å². The molecule has 0 unspecified atom stereocenters. The first-order valence-corrected chi connectivity index (χ1v) is 7.50. The van der Waals surface area contributed by atoms with Crippen molar-refractivity contribution in [2.75, 3.05) is 18.1 Å². The highest BCUT2D eigenvalue weighted by atomic mass is 32.2. The molecule has 1 aliphatic carbocycles. The van der Waals surface area contributed by atoms with E-state index in [4.69, 9.17) is 5.73 Å². The third-order valence-corrected chi connectivity index (χ3v) is 4.22. The number of nitrogens with two attached hydrogens (primary N) is 1. The summed E-state index contributed by atoms with van der Waals surface area (Å²) in [4.78, 5) is 11.0.